The summed E-state index contributed by atoms with van der Waals surface area (Å²) in [4.78, 5) is 12.1. The molecule has 0 bridgehead atoms. The molecule has 0 aliphatic heterocycles. The van der Waals surface area contributed by atoms with Crippen LogP contribution >= 0.6 is 0 Å². The first-order valence-corrected chi connectivity index (χ1v) is 7.85. The van der Waals surface area contributed by atoms with E-state index < -0.39 is 0 Å². The van der Waals surface area contributed by atoms with Gasteiger partial charge in [-0.2, -0.15) is 0 Å². The first-order valence-electron chi connectivity index (χ1n) is 7.85. The topological polar surface area (TPSA) is 17.1 Å². The average Bonchev–Trinajstić information content (AvgIpc) is 2.37. The summed E-state index contributed by atoms with van der Waals surface area (Å²) in [7, 11) is 6.53. The first kappa shape index (κ1) is 16.9. The minimum Gasteiger partial charge on any atom is -0.327 e. The van der Waals surface area contributed by atoms with Crippen molar-refractivity contribution in [1.29, 1.82) is 0 Å². The zero-order valence-corrected chi connectivity index (χ0v) is 13.6. The first-order chi connectivity index (χ1) is 9.42. The van der Waals surface area contributed by atoms with Gasteiger partial charge in [0.05, 0.1) is 21.1 Å². The molecule has 0 aliphatic carbocycles. The van der Waals surface area contributed by atoms with E-state index in [0.717, 1.165) is 23.0 Å². The summed E-state index contributed by atoms with van der Waals surface area (Å²) in [5.41, 5.74) is 2.16. The predicted molar refractivity (Wildman–Crippen MR) is 85.9 cm³/mol. The SMILES string of the molecule is CCCCCCCC(=O)c1ccc(C[N+](C)(C)C)cc1. The molecule has 0 radical (unpaired) electrons. The average molecular weight is 276 g/mol. The lowest BCUT2D eigenvalue weighted by molar-refractivity contribution is -0.884. The molecule has 2 heteroatoms. The van der Waals surface area contributed by atoms with Crippen LogP contribution in [0.1, 0.15) is 61.4 Å². The van der Waals surface area contributed by atoms with Crippen molar-refractivity contribution in [3.8, 4) is 0 Å². The van der Waals surface area contributed by atoms with E-state index in [0.29, 0.717) is 12.2 Å². The minimum atomic E-state index is 0.290. The minimum absolute atomic E-state index is 0.290. The lowest BCUT2D eigenvalue weighted by Gasteiger charge is -2.23. The van der Waals surface area contributed by atoms with Gasteiger partial charge in [-0.05, 0) is 6.42 Å². The maximum atomic E-state index is 12.1. The van der Waals surface area contributed by atoms with Crippen molar-refractivity contribution in [2.75, 3.05) is 21.1 Å². The largest absolute Gasteiger partial charge is 0.327 e. The molecule has 112 valence electrons. The lowest BCUT2D eigenvalue weighted by atomic mass is 10.0. The van der Waals surface area contributed by atoms with E-state index in [4.69, 9.17) is 0 Å². The van der Waals surface area contributed by atoms with Gasteiger partial charge in [0.1, 0.15) is 6.54 Å². The number of unbranched alkanes of at least 4 members (excludes halogenated alkanes) is 4. The number of rotatable bonds is 9. The van der Waals surface area contributed by atoms with Crippen molar-refractivity contribution in [3.63, 3.8) is 0 Å². The molecule has 0 aromatic heterocycles. The highest BCUT2D eigenvalue weighted by molar-refractivity contribution is 5.96. The summed E-state index contributed by atoms with van der Waals surface area (Å²) in [5.74, 6) is 0.290. The van der Waals surface area contributed by atoms with Gasteiger partial charge in [0.2, 0.25) is 0 Å². The Kier molecular flexibility index (Phi) is 6.94. The fourth-order valence-corrected chi connectivity index (χ4v) is 2.38. The van der Waals surface area contributed by atoms with E-state index >= 15 is 0 Å². The smallest absolute Gasteiger partial charge is 0.162 e. The number of carbonyl (C=O) groups excluding carboxylic acids is 1. The van der Waals surface area contributed by atoms with Gasteiger partial charge in [-0.25, -0.2) is 0 Å². The van der Waals surface area contributed by atoms with E-state index in [9.17, 15) is 4.79 Å². The maximum absolute atomic E-state index is 12.1. The summed E-state index contributed by atoms with van der Waals surface area (Å²) in [5, 5.41) is 0. The van der Waals surface area contributed by atoms with Crippen LogP contribution in [0.3, 0.4) is 0 Å². The molecular formula is C18H30NO+. The van der Waals surface area contributed by atoms with Crippen molar-refractivity contribution in [1.82, 2.24) is 0 Å². The highest BCUT2D eigenvalue weighted by Gasteiger charge is 2.10. The van der Waals surface area contributed by atoms with Crippen molar-refractivity contribution >= 4 is 5.78 Å². The number of quaternary nitrogens is 1. The number of Topliss-reactive ketones (excluding diaryl/α,β-unsaturated/α-hetero) is 1. The van der Waals surface area contributed by atoms with Gasteiger partial charge in [-0.3, -0.25) is 4.79 Å². The standard InChI is InChI=1S/C18H30NO/c1-5-6-7-8-9-10-18(20)17-13-11-16(12-14-17)15-19(2,3)4/h11-14H,5-10,15H2,1-4H3/q+1. The molecule has 0 saturated carbocycles. The maximum Gasteiger partial charge on any atom is 0.162 e. The van der Waals surface area contributed by atoms with E-state index in [2.05, 4.69) is 40.2 Å². The van der Waals surface area contributed by atoms with Gasteiger partial charge in [0.25, 0.3) is 0 Å². The Bertz CT molecular complexity index is 400. The van der Waals surface area contributed by atoms with Gasteiger partial charge in [-0.15, -0.1) is 0 Å². The molecule has 0 atom stereocenters. The number of hydrogen-bond donors (Lipinski definition) is 0. The Morgan fingerprint density at radius 3 is 2.10 bits per heavy atom. The Morgan fingerprint density at radius 2 is 1.55 bits per heavy atom. The number of hydrogen-bond acceptors (Lipinski definition) is 1. The van der Waals surface area contributed by atoms with Crippen molar-refractivity contribution in [2.45, 2.75) is 52.0 Å². The van der Waals surface area contributed by atoms with Crippen LogP contribution in [0.15, 0.2) is 24.3 Å². The van der Waals surface area contributed by atoms with Crippen LogP contribution in [-0.2, 0) is 6.54 Å². The van der Waals surface area contributed by atoms with Gasteiger partial charge in [0.15, 0.2) is 5.78 Å². The Balaban J connectivity index is 2.41. The second-order valence-corrected chi connectivity index (χ2v) is 6.73. The molecule has 0 saturated heterocycles. The molecule has 2 nitrogen and oxygen atoms in total. The zero-order chi connectivity index (χ0) is 15.0. The molecule has 0 aliphatic rings. The van der Waals surface area contributed by atoms with Crippen LogP contribution in [0.4, 0.5) is 0 Å². The fraction of sp³-hybridized carbons (Fsp3) is 0.611. The van der Waals surface area contributed by atoms with Gasteiger partial charge >= 0.3 is 0 Å². The summed E-state index contributed by atoms with van der Waals surface area (Å²) in [6, 6.07) is 8.15. The highest BCUT2D eigenvalue weighted by Crippen LogP contribution is 2.13. The molecule has 1 rings (SSSR count). The zero-order valence-electron chi connectivity index (χ0n) is 13.6. The van der Waals surface area contributed by atoms with Gasteiger partial charge < -0.3 is 4.48 Å². The second-order valence-electron chi connectivity index (χ2n) is 6.73. The monoisotopic (exact) mass is 276 g/mol. The van der Waals surface area contributed by atoms with Crippen LogP contribution in [0, 0.1) is 0 Å². The quantitative estimate of drug-likeness (QED) is 0.370. The third-order valence-electron chi connectivity index (χ3n) is 3.44. The Morgan fingerprint density at radius 1 is 0.950 bits per heavy atom. The van der Waals surface area contributed by atoms with E-state index in [-0.39, 0.29) is 0 Å². The van der Waals surface area contributed by atoms with Gasteiger partial charge in [0, 0.05) is 17.5 Å². The van der Waals surface area contributed by atoms with Crippen molar-refractivity contribution < 1.29 is 9.28 Å². The molecule has 0 spiro atoms. The normalized spacial score (nSPS) is 11.6. The molecule has 0 N–H and O–H groups in total. The van der Waals surface area contributed by atoms with Crippen LogP contribution < -0.4 is 0 Å². The summed E-state index contributed by atoms with van der Waals surface area (Å²) in [6.07, 6.45) is 6.69. The number of carbonyl (C=O) groups is 1. The van der Waals surface area contributed by atoms with Crippen molar-refractivity contribution in [3.05, 3.63) is 35.4 Å². The summed E-state index contributed by atoms with van der Waals surface area (Å²) < 4.78 is 0.907. The van der Waals surface area contributed by atoms with E-state index in [1.54, 1.807) is 0 Å². The van der Waals surface area contributed by atoms with Crippen LogP contribution in [0.25, 0.3) is 0 Å². The Labute approximate surface area is 124 Å². The second kappa shape index (κ2) is 8.21. The summed E-state index contributed by atoms with van der Waals surface area (Å²) >= 11 is 0. The van der Waals surface area contributed by atoms with Gasteiger partial charge in [-0.1, -0.05) is 56.9 Å². The number of nitrogens with zero attached hydrogens (tertiary/aromatic N) is 1. The predicted octanol–water partition coefficient (Wildman–Crippen LogP) is 4.44. The fourth-order valence-electron chi connectivity index (χ4n) is 2.38. The lowest BCUT2D eigenvalue weighted by Crippen LogP contribution is -2.33. The molecule has 1 aromatic rings. The van der Waals surface area contributed by atoms with Crippen LogP contribution in [0.5, 0.6) is 0 Å². The van der Waals surface area contributed by atoms with Crippen LogP contribution in [-0.4, -0.2) is 31.4 Å². The third-order valence-corrected chi connectivity index (χ3v) is 3.44. The molecule has 0 unspecified atom stereocenters. The van der Waals surface area contributed by atoms with E-state index in [1.165, 1.54) is 31.2 Å². The Hall–Kier alpha value is -1.15. The van der Waals surface area contributed by atoms with Crippen molar-refractivity contribution in [2.24, 2.45) is 0 Å². The molecule has 0 heterocycles. The third kappa shape index (κ3) is 6.85. The molecule has 0 fully saturated rings. The number of benzene rings is 1. The van der Waals surface area contributed by atoms with E-state index in [1.807, 2.05) is 12.1 Å². The number of ketones is 1. The molecular weight excluding hydrogens is 246 g/mol. The molecule has 1 aromatic carbocycles. The molecule has 20 heavy (non-hydrogen) atoms. The molecule has 0 amide bonds. The van der Waals surface area contributed by atoms with Crippen LogP contribution in [0.2, 0.25) is 0 Å². The summed E-state index contributed by atoms with van der Waals surface area (Å²) in [6.45, 7) is 3.20. The highest BCUT2D eigenvalue weighted by atomic mass is 16.1.